The molecule has 1 heterocycles. The largest absolute Gasteiger partial charge is 0.497 e. The fourth-order valence-corrected chi connectivity index (χ4v) is 3.85. The molecule has 0 atom stereocenters. The van der Waals surface area contributed by atoms with E-state index in [-0.39, 0.29) is 29.7 Å². The van der Waals surface area contributed by atoms with Crippen LogP contribution in [0.1, 0.15) is 85.8 Å². The van der Waals surface area contributed by atoms with E-state index in [9.17, 15) is 9.59 Å². The molecule has 7 heteroatoms. The molecule has 2 rings (SSSR count). The maximum Gasteiger partial charge on any atom is 0.245 e. The van der Waals surface area contributed by atoms with Crippen molar-refractivity contribution in [3.05, 3.63) is 36.0 Å². The minimum Gasteiger partial charge on any atom is -0.497 e. The van der Waals surface area contributed by atoms with Crippen LogP contribution in [0.25, 0.3) is 5.69 Å². The molecule has 0 fully saturated rings. The zero-order chi connectivity index (χ0) is 26.0. The van der Waals surface area contributed by atoms with Crippen LogP contribution in [-0.2, 0) is 15.0 Å². The third kappa shape index (κ3) is 9.04. The smallest absolute Gasteiger partial charge is 0.245 e. The number of nitrogens with one attached hydrogen (secondary N) is 1. The summed E-state index contributed by atoms with van der Waals surface area (Å²) >= 11 is 0. The number of hydrogen-bond donors (Lipinski definition) is 1. The molecule has 0 saturated carbocycles. The molecule has 0 aliphatic carbocycles. The van der Waals surface area contributed by atoms with Gasteiger partial charge < -0.3 is 15.0 Å². The topological polar surface area (TPSA) is 76.5 Å². The number of carbonyl (C=O) groups excluding carboxylic acids is 2. The molecule has 7 nitrogen and oxygen atoms in total. The quantitative estimate of drug-likeness (QED) is 0.356. The average molecular weight is 485 g/mol. The van der Waals surface area contributed by atoms with Crippen molar-refractivity contribution in [1.82, 2.24) is 14.7 Å². The number of unbranched alkanes of at least 4 members (excludes halogenated alkanes) is 4. The standard InChI is InChI=1S/C28H44N4O3/c1-8-9-10-11-12-13-27(34)31(19-21(2)3)20-26(33)29-25-18-24(28(4,5)6)30-32(25)22-14-16-23(35-7)17-15-22/h14-18,21H,8-13,19-20H2,1-7H3,(H,29,33). The first-order valence-electron chi connectivity index (χ1n) is 12.9. The zero-order valence-electron chi connectivity index (χ0n) is 22.7. The maximum absolute atomic E-state index is 13.1. The summed E-state index contributed by atoms with van der Waals surface area (Å²) < 4.78 is 7.00. The first-order valence-corrected chi connectivity index (χ1v) is 12.9. The Balaban J connectivity index is 2.17. The molecular weight excluding hydrogens is 440 g/mol. The summed E-state index contributed by atoms with van der Waals surface area (Å²) in [7, 11) is 1.63. The minimum absolute atomic E-state index is 0.0324. The van der Waals surface area contributed by atoms with Crippen molar-refractivity contribution < 1.29 is 14.3 Å². The van der Waals surface area contributed by atoms with Crippen molar-refractivity contribution in [1.29, 1.82) is 0 Å². The van der Waals surface area contributed by atoms with Gasteiger partial charge in [0.1, 0.15) is 11.6 Å². The number of aromatic nitrogens is 2. The molecule has 0 unspecified atom stereocenters. The number of carbonyl (C=O) groups is 2. The number of hydrogen-bond acceptors (Lipinski definition) is 4. The molecule has 0 radical (unpaired) electrons. The van der Waals surface area contributed by atoms with Crippen LogP contribution in [0.3, 0.4) is 0 Å². The molecule has 0 aliphatic heterocycles. The Bertz CT molecular complexity index is 942. The zero-order valence-corrected chi connectivity index (χ0v) is 22.7. The number of benzene rings is 1. The number of anilines is 1. The van der Waals surface area contributed by atoms with Gasteiger partial charge in [0.05, 0.1) is 25.0 Å². The van der Waals surface area contributed by atoms with Crippen LogP contribution < -0.4 is 10.1 Å². The Morgan fingerprint density at radius 2 is 1.74 bits per heavy atom. The number of rotatable bonds is 13. The highest BCUT2D eigenvalue weighted by Gasteiger charge is 2.23. The van der Waals surface area contributed by atoms with E-state index in [0.29, 0.717) is 18.8 Å². The summed E-state index contributed by atoms with van der Waals surface area (Å²) in [6, 6.07) is 9.44. The van der Waals surface area contributed by atoms with Crippen LogP contribution in [0.4, 0.5) is 5.82 Å². The lowest BCUT2D eigenvalue weighted by Crippen LogP contribution is -2.40. The molecule has 0 bridgehead atoms. The van der Waals surface area contributed by atoms with Crippen LogP contribution in [0.5, 0.6) is 5.75 Å². The molecule has 2 amide bonds. The van der Waals surface area contributed by atoms with Crippen molar-refractivity contribution in [2.45, 2.75) is 85.5 Å². The minimum atomic E-state index is -0.222. The van der Waals surface area contributed by atoms with Crippen molar-refractivity contribution in [2.75, 3.05) is 25.5 Å². The summed E-state index contributed by atoms with van der Waals surface area (Å²) in [5, 5.41) is 7.78. The van der Waals surface area contributed by atoms with E-state index in [1.807, 2.05) is 30.3 Å². The van der Waals surface area contributed by atoms with Gasteiger partial charge in [-0.3, -0.25) is 9.59 Å². The Kier molecular flexibility index (Phi) is 10.8. The Morgan fingerprint density at radius 3 is 2.31 bits per heavy atom. The molecule has 0 spiro atoms. The summed E-state index contributed by atoms with van der Waals surface area (Å²) in [6.07, 6.45) is 5.94. The SMILES string of the molecule is CCCCCCCC(=O)N(CC(=O)Nc1cc(C(C)(C)C)nn1-c1ccc(OC)cc1)CC(C)C. The van der Waals surface area contributed by atoms with Gasteiger partial charge in [-0.1, -0.05) is 67.2 Å². The van der Waals surface area contributed by atoms with Crippen molar-refractivity contribution in [3.8, 4) is 11.4 Å². The van der Waals surface area contributed by atoms with Crippen molar-refractivity contribution >= 4 is 17.6 Å². The molecule has 2 aromatic rings. The molecule has 0 saturated heterocycles. The number of ether oxygens (including phenoxy) is 1. The lowest BCUT2D eigenvalue weighted by Gasteiger charge is -2.24. The van der Waals surface area contributed by atoms with Crippen molar-refractivity contribution in [2.24, 2.45) is 5.92 Å². The van der Waals surface area contributed by atoms with Gasteiger partial charge >= 0.3 is 0 Å². The predicted molar refractivity (Wildman–Crippen MR) is 142 cm³/mol. The van der Waals surface area contributed by atoms with Crippen LogP contribution in [-0.4, -0.2) is 46.7 Å². The van der Waals surface area contributed by atoms with Gasteiger partial charge in [0.15, 0.2) is 0 Å². The Morgan fingerprint density at radius 1 is 1.09 bits per heavy atom. The molecule has 1 N–H and O–H groups in total. The molecule has 194 valence electrons. The second-order valence-corrected chi connectivity index (χ2v) is 10.7. The monoisotopic (exact) mass is 484 g/mol. The highest BCUT2D eigenvalue weighted by atomic mass is 16.5. The highest BCUT2D eigenvalue weighted by Crippen LogP contribution is 2.27. The van der Waals surface area contributed by atoms with Crippen molar-refractivity contribution in [3.63, 3.8) is 0 Å². The predicted octanol–water partition coefficient (Wildman–Crippen LogP) is 5.96. The summed E-state index contributed by atoms with van der Waals surface area (Å²) in [6.45, 7) is 13.2. The third-order valence-electron chi connectivity index (χ3n) is 5.83. The number of methoxy groups -OCH3 is 1. The van der Waals surface area contributed by atoms with Gasteiger partial charge in [0, 0.05) is 24.4 Å². The van der Waals surface area contributed by atoms with Crippen LogP contribution in [0.2, 0.25) is 0 Å². The van der Waals surface area contributed by atoms with E-state index in [2.05, 4.69) is 46.9 Å². The Hall–Kier alpha value is -2.83. The van der Waals surface area contributed by atoms with E-state index < -0.39 is 0 Å². The van der Waals surface area contributed by atoms with Gasteiger partial charge in [-0.2, -0.15) is 5.10 Å². The summed E-state index contributed by atoms with van der Waals surface area (Å²) in [5.41, 5.74) is 1.50. The van der Waals surface area contributed by atoms with Crippen LogP contribution >= 0.6 is 0 Å². The van der Waals surface area contributed by atoms with Gasteiger partial charge in [0.25, 0.3) is 0 Å². The van der Waals surface area contributed by atoms with E-state index in [1.54, 1.807) is 16.7 Å². The van der Waals surface area contributed by atoms with E-state index in [1.165, 1.54) is 12.8 Å². The van der Waals surface area contributed by atoms with E-state index in [4.69, 9.17) is 9.84 Å². The lowest BCUT2D eigenvalue weighted by atomic mass is 9.92. The molecule has 1 aromatic carbocycles. The summed E-state index contributed by atoms with van der Waals surface area (Å²) in [4.78, 5) is 27.7. The third-order valence-corrected chi connectivity index (χ3v) is 5.83. The van der Waals surface area contributed by atoms with Gasteiger partial charge in [-0.05, 0) is 36.6 Å². The van der Waals surface area contributed by atoms with Crippen LogP contribution in [0.15, 0.2) is 30.3 Å². The fourth-order valence-electron chi connectivity index (χ4n) is 3.85. The first-order chi connectivity index (χ1) is 16.5. The molecule has 1 aromatic heterocycles. The maximum atomic E-state index is 13.1. The van der Waals surface area contributed by atoms with E-state index in [0.717, 1.165) is 36.4 Å². The fraction of sp³-hybridized carbons (Fsp3) is 0.607. The number of nitrogens with zero attached hydrogens (tertiary/aromatic N) is 3. The highest BCUT2D eigenvalue weighted by molar-refractivity contribution is 5.94. The van der Waals surface area contributed by atoms with Gasteiger partial charge in [0.2, 0.25) is 11.8 Å². The molecule has 0 aliphatic rings. The molecule has 35 heavy (non-hydrogen) atoms. The van der Waals surface area contributed by atoms with Gasteiger partial charge in [-0.25, -0.2) is 4.68 Å². The normalized spacial score (nSPS) is 11.5. The first kappa shape index (κ1) is 28.4. The average Bonchev–Trinajstić information content (AvgIpc) is 3.22. The number of amides is 2. The lowest BCUT2D eigenvalue weighted by molar-refractivity contribution is -0.135. The second kappa shape index (κ2) is 13.3. The summed E-state index contributed by atoms with van der Waals surface area (Å²) in [5.74, 6) is 1.44. The Labute approximate surface area is 211 Å². The second-order valence-electron chi connectivity index (χ2n) is 10.7. The van der Waals surface area contributed by atoms with E-state index >= 15 is 0 Å². The van der Waals surface area contributed by atoms with Crippen LogP contribution in [0, 0.1) is 5.92 Å². The van der Waals surface area contributed by atoms with Gasteiger partial charge in [-0.15, -0.1) is 0 Å². The molecular formula is C28H44N4O3.